The second-order valence-corrected chi connectivity index (χ2v) is 4.14. The van der Waals surface area contributed by atoms with Gasteiger partial charge in [-0.15, -0.1) is 0 Å². The molecular formula is C11H21NO3. The van der Waals surface area contributed by atoms with Crippen molar-refractivity contribution >= 4 is 5.97 Å². The number of aliphatic carboxylic acids is 1. The first-order valence-corrected chi connectivity index (χ1v) is 5.71. The van der Waals surface area contributed by atoms with Crippen molar-refractivity contribution in [3.8, 4) is 0 Å². The van der Waals surface area contributed by atoms with Crippen molar-refractivity contribution in [2.24, 2.45) is 5.92 Å². The van der Waals surface area contributed by atoms with Crippen molar-refractivity contribution in [2.45, 2.75) is 32.7 Å². The number of carbonyl (C=O) groups is 1. The molecule has 0 aromatic heterocycles. The molecule has 0 amide bonds. The van der Waals surface area contributed by atoms with E-state index < -0.39 is 5.97 Å². The Morgan fingerprint density at radius 3 is 2.93 bits per heavy atom. The second-order valence-electron chi connectivity index (χ2n) is 4.14. The monoisotopic (exact) mass is 215 g/mol. The van der Waals surface area contributed by atoms with Gasteiger partial charge in [0.05, 0.1) is 6.61 Å². The predicted octanol–water partition coefficient (Wildman–Crippen LogP) is 1.21. The normalized spacial score (nSPS) is 27.9. The van der Waals surface area contributed by atoms with Crippen LogP contribution in [0.4, 0.5) is 0 Å². The highest BCUT2D eigenvalue weighted by Crippen LogP contribution is 2.23. The van der Waals surface area contributed by atoms with E-state index in [0.29, 0.717) is 13.2 Å². The van der Waals surface area contributed by atoms with E-state index in [4.69, 9.17) is 9.84 Å². The molecule has 15 heavy (non-hydrogen) atoms. The quantitative estimate of drug-likeness (QED) is 0.700. The van der Waals surface area contributed by atoms with E-state index in [-0.39, 0.29) is 12.0 Å². The fourth-order valence-corrected chi connectivity index (χ4v) is 2.25. The van der Waals surface area contributed by atoms with Gasteiger partial charge in [0.25, 0.3) is 0 Å². The van der Waals surface area contributed by atoms with Crippen molar-refractivity contribution in [2.75, 3.05) is 26.3 Å². The Hall–Kier alpha value is -0.610. The number of ether oxygens (including phenoxy) is 1. The molecular weight excluding hydrogens is 194 g/mol. The van der Waals surface area contributed by atoms with E-state index in [1.807, 2.05) is 18.7 Å². The van der Waals surface area contributed by atoms with E-state index in [1.165, 1.54) is 0 Å². The highest BCUT2D eigenvalue weighted by Gasteiger charge is 2.33. The molecule has 4 heteroatoms. The van der Waals surface area contributed by atoms with Gasteiger partial charge in [0.15, 0.2) is 0 Å². The van der Waals surface area contributed by atoms with Crippen LogP contribution in [0.5, 0.6) is 0 Å². The third kappa shape index (κ3) is 3.47. The van der Waals surface area contributed by atoms with Crippen molar-refractivity contribution in [3.63, 3.8) is 0 Å². The Morgan fingerprint density at radius 2 is 2.33 bits per heavy atom. The molecule has 1 aliphatic heterocycles. The summed E-state index contributed by atoms with van der Waals surface area (Å²) in [7, 11) is 0. The molecule has 1 fully saturated rings. The smallest absolute Gasteiger partial charge is 0.321 e. The minimum atomic E-state index is -0.696. The highest BCUT2D eigenvalue weighted by molar-refractivity contribution is 5.74. The van der Waals surface area contributed by atoms with E-state index in [9.17, 15) is 4.79 Å². The molecule has 1 heterocycles. The van der Waals surface area contributed by atoms with Crippen LogP contribution in [0.3, 0.4) is 0 Å². The van der Waals surface area contributed by atoms with Gasteiger partial charge in [-0.05, 0) is 32.2 Å². The Kier molecular flexibility index (Phi) is 5.05. The van der Waals surface area contributed by atoms with Gasteiger partial charge in [-0.3, -0.25) is 9.69 Å². The minimum absolute atomic E-state index is 0.248. The van der Waals surface area contributed by atoms with Crippen LogP contribution in [0.2, 0.25) is 0 Å². The summed E-state index contributed by atoms with van der Waals surface area (Å²) in [5, 5.41) is 9.15. The molecule has 0 aliphatic carbocycles. The van der Waals surface area contributed by atoms with Crippen LogP contribution >= 0.6 is 0 Å². The maximum Gasteiger partial charge on any atom is 0.321 e. The number of hydrogen-bond acceptors (Lipinski definition) is 3. The fourth-order valence-electron chi connectivity index (χ4n) is 2.25. The van der Waals surface area contributed by atoms with Crippen LogP contribution in [-0.2, 0) is 9.53 Å². The molecule has 88 valence electrons. The molecule has 0 radical (unpaired) electrons. The largest absolute Gasteiger partial charge is 0.480 e. The van der Waals surface area contributed by atoms with Crippen LogP contribution in [0.25, 0.3) is 0 Å². The fraction of sp³-hybridized carbons (Fsp3) is 0.909. The molecule has 0 aromatic carbocycles. The molecule has 0 bridgehead atoms. The lowest BCUT2D eigenvalue weighted by Gasteiger charge is -2.37. The topological polar surface area (TPSA) is 49.8 Å². The Labute approximate surface area is 91.2 Å². The SMILES string of the molecule is CCOCCN1CCCC(C)C1C(=O)O. The summed E-state index contributed by atoms with van der Waals surface area (Å²) in [5.74, 6) is -0.448. The number of carboxylic acids is 1. The molecule has 0 aromatic rings. The maximum atomic E-state index is 11.1. The van der Waals surface area contributed by atoms with Gasteiger partial charge in [0.2, 0.25) is 0 Å². The number of rotatable bonds is 5. The highest BCUT2D eigenvalue weighted by atomic mass is 16.5. The zero-order valence-electron chi connectivity index (χ0n) is 9.61. The van der Waals surface area contributed by atoms with Crippen molar-refractivity contribution in [1.29, 1.82) is 0 Å². The zero-order valence-corrected chi connectivity index (χ0v) is 9.61. The average molecular weight is 215 g/mol. The van der Waals surface area contributed by atoms with Crippen LogP contribution in [0.1, 0.15) is 26.7 Å². The lowest BCUT2D eigenvalue weighted by Crippen LogP contribution is -2.50. The van der Waals surface area contributed by atoms with E-state index >= 15 is 0 Å². The maximum absolute atomic E-state index is 11.1. The van der Waals surface area contributed by atoms with Crippen molar-refractivity contribution in [3.05, 3.63) is 0 Å². The molecule has 0 spiro atoms. The predicted molar refractivity (Wildman–Crippen MR) is 57.9 cm³/mol. The van der Waals surface area contributed by atoms with Crippen LogP contribution < -0.4 is 0 Å². The first kappa shape index (κ1) is 12.5. The van der Waals surface area contributed by atoms with Crippen molar-refractivity contribution < 1.29 is 14.6 Å². The summed E-state index contributed by atoms with van der Waals surface area (Å²) in [4.78, 5) is 13.2. The molecule has 2 unspecified atom stereocenters. The van der Waals surface area contributed by atoms with E-state index in [1.54, 1.807) is 0 Å². The number of piperidine rings is 1. The standard InChI is InChI=1S/C11H21NO3/c1-3-15-8-7-12-6-4-5-9(2)10(12)11(13)14/h9-10H,3-8H2,1-2H3,(H,13,14). The van der Waals surface area contributed by atoms with Gasteiger partial charge in [-0.1, -0.05) is 6.92 Å². The summed E-state index contributed by atoms with van der Waals surface area (Å²) in [6, 6.07) is -0.320. The lowest BCUT2D eigenvalue weighted by molar-refractivity contribution is -0.147. The van der Waals surface area contributed by atoms with Gasteiger partial charge >= 0.3 is 5.97 Å². The van der Waals surface area contributed by atoms with Gasteiger partial charge in [0.1, 0.15) is 6.04 Å². The molecule has 4 nitrogen and oxygen atoms in total. The van der Waals surface area contributed by atoms with Crippen LogP contribution in [-0.4, -0.2) is 48.3 Å². The van der Waals surface area contributed by atoms with Gasteiger partial charge in [-0.2, -0.15) is 0 Å². The molecule has 1 saturated heterocycles. The molecule has 1 N–H and O–H groups in total. The Morgan fingerprint density at radius 1 is 1.60 bits per heavy atom. The average Bonchev–Trinajstić information content (AvgIpc) is 2.17. The van der Waals surface area contributed by atoms with Crippen LogP contribution in [0, 0.1) is 5.92 Å². The lowest BCUT2D eigenvalue weighted by atomic mass is 9.91. The summed E-state index contributed by atoms with van der Waals surface area (Å²) in [5.41, 5.74) is 0. The second kappa shape index (κ2) is 6.08. The Balaban J connectivity index is 2.47. The third-order valence-corrected chi connectivity index (χ3v) is 3.02. The summed E-state index contributed by atoms with van der Waals surface area (Å²) >= 11 is 0. The summed E-state index contributed by atoms with van der Waals surface area (Å²) in [6.45, 7) is 6.91. The third-order valence-electron chi connectivity index (χ3n) is 3.02. The van der Waals surface area contributed by atoms with Crippen molar-refractivity contribution in [1.82, 2.24) is 4.90 Å². The first-order valence-electron chi connectivity index (χ1n) is 5.71. The van der Waals surface area contributed by atoms with Gasteiger partial charge in [0, 0.05) is 13.2 Å². The molecule has 1 aliphatic rings. The molecule has 1 rings (SSSR count). The summed E-state index contributed by atoms with van der Waals surface area (Å²) < 4.78 is 5.26. The summed E-state index contributed by atoms with van der Waals surface area (Å²) in [6.07, 6.45) is 2.11. The van der Waals surface area contributed by atoms with E-state index in [2.05, 4.69) is 0 Å². The minimum Gasteiger partial charge on any atom is -0.480 e. The van der Waals surface area contributed by atoms with Crippen LogP contribution in [0.15, 0.2) is 0 Å². The van der Waals surface area contributed by atoms with Gasteiger partial charge < -0.3 is 9.84 Å². The number of likely N-dealkylation sites (tertiary alicyclic amines) is 1. The number of nitrogens with zero attached hydrogens (tertiary/aromatic N) is 1. The zero-order chi connectivity index (χ0) is 11.3. The molecule has 0 saturated carbocycles. The number of hydrogen-bond donors (Lipinski definition) is 1. The van der Waals surface area contributed by atoms with Gasteiger partial charge in [-0.25, -0.2) is 0 Å². The molecule has 2 atom stereocenters. The first-order chi connectivity index (χ1) is 7.16. The Bertz CT molecular complexity index is 208. The van der Waals surface area contributed by atoms with E-state index in [0.717, 1.165) is 25.9 Å². The number of carboxylic acid groups (broad SMARTS) is 1.